The Balaban J connectivity index is 2.23. The number of aliphatic carboxylic acids is 1. The first-order valence-electron chi connectivity index (χ1n) is 6.66. The van der Waals surface area contributed by atoms with Crippen LogP contribution in [0.3, 0.4) is 0 Å². The molecular weight excluding hydrogens is 266 g/mol. The fourth-order valence-corrected chi connectivity index (χ4v) is 1.99. The van der Waals surface area contributed by atoms with Gasteiger partial charge in [-0.05, 0) is 25.7 Å². The topological polar surface area (TPSA) is 131 Å². The number of carbonyl (C=O) groups excluding carboxylic acids is 2. The average molecular weight is 287 g/mol. The van der Waals surface area contributed by atoms with Gasteiger partial charge in [0.05, 0.1) is 12.5 Å². The molecule has 0 bridgehead atoms. The molecule has 1 saturated heterocycles. The molecule has 0 aliphatic carbocycles. The minimum atomic E-state index is -1.31. The zero-order valence-corrected chi connectivity index (χ0v) is 11.3. The van der Waals surface area contributed by atoms with Gasteiger partial charge in [-0.15, -0.1) is 0 Å². The Morgan fingerprint density at radius 2 is 2.10 bits per heavy atom. The molecule has 0 radical (unpaired) electrons. The number of carbonyl (C=O) groups is 3. The fourth-order valence-electron chi connectivity index (χ4n) is 1.99. The van der Waals surface area contributed by atoms with E-state index in [1.807, 2.05) is 0 Å². The largest absolute Gasteiger partial charge is 0.480 e. The smallest absolute Gasteiger partial charge is 0.326 e. The summed E-state index contributed by atoms with van der Waals surface area (Å²) in [6.07, 6.45) is 3.55. The monoisotopic (exact) mass is 287 g/mol. The number of nitrogens with two attached hydrogens (primary N) is 1. The van der Waals surface area contributed by atoms with Crippen LogP contribution in [0.5, 0.6) is 0 Å². The minimum absolute atomic E-state index is 0.143. The molecule has 1 fully saturated rings. The van der Waals surface area contributed by atoms with Crippen LogP contribution < -0.4 is 16.4 Å². The summed E-state index contributed by atoms with van der Waals surface area (Å²) in [5, 5.41) is 13.6. The summed E-state index contributed by atoms with van der Waals surface area (Å²) in [7, 11) is 0. The van der Waals surface area contributed by atoms with Crippen molar-refractivity contribution in [2.24, 2.45) is 5.73 Å². The minimum Gasteiger partial charge on any atom is -0.480 e. The van der Waals surface area contributed by atoms with E-state index in [-0.39, 0.29) is 6.10 Å². The molecule has 0 spiro atoms. The first-order valence-corrected chi connectivity index (χ1v) is 6.66. The molecule has 1 rings (SSSR count). The van der Waals surface area contributed by atoms with Crippen molar-refractivity contribution in [3.63, 3.8) is 0 Å². The Labute approximate surface area is 117 Å². The Kier molecular flexibility index (Phi) is 6.78. The molecule has 1 aliphatic heterocycles. The van der Waals surface area contributed by atoms with E-state index in [1.165, 1.54) is 0 Å². The summed E-state index contributed by atoms with van der Waals surface area (Å²) >= 11 is 0. The number of rotatable bonds is 7. The van der Waals surface area contributed by atoms with E-state index in [1.54, 1.807) is 0 Å². The Hall–Kier alpha value is -1.83. The molecule has 0 saturated carbocycles. The highest BCUT2D eigenvalue weighted by Gasteiger charge is 2.22. The van der Waals surface area contributed by atoms with E-state index in [0.717, 1.165) is 25.9 Å². The van der Waals surface area contributed by atoms with Crippen LogP contribution in [0.25, 0.3) is 0 Å². The SMILES string of the molecule is NC(=O)C[C@H](NC(=O)NCCC1CCCCO1)C(=O)O. The van der Waals surface area contributed by atoms with Gasteiger partial charge < -0.3 is 26.2 Å². The van der Waals surface area contributed by atoms with Gasteiger partial charge in [0.15, 0.2) is 0 Å². The molecule has 1 aliphatic rings. The molecule has 0 aromatic rings. The van der Waals surface area contributed by atoms with E-state index in [2.05, 4.69) is 10.6 Å². The molecule has 2 atom stereocenters. The fraction of sp³-hybridized carbons (Fsp3) is 0.750. The molecule has 3 amide bonds. The van der Waals surface area contributed by atoms with Gasteiger partial charge in [-0.25, -0.2) is 9.59 Å². The van der Waals surface area contributed by atoms with Crippen molar-refractivity contribution in [1.29, 1.82) is 0 Å². The lowest BCUT2D eigenvalue weighted by atomic mass is 10.1. The second kappa shape index (κ2) is 8.36. The summed E-state index contributed by atoms with van der Waals surface area (Å²) in [6.45, 7) is 1.13. The maximum atomic E-state index is 11.5. The quantitative estimate of drug-likeness (QED) is 0.505. The van der Waals surface area contributed by atoms with E-state index in [0.29, 0.717) is 13.0 Å². The van der Waals surface area contributed by atoms with Gasteiger partial charge in [0.25, 0.3) is 0 Å². The van der Waals surface area contributed by atoms with Crippen LogP contribution in [0.2, 0.25) is 0 Å². The molecule has 0 aromatic heterocycles. The number of ether oxygens (including phenoxy) is 1. The highest BCUT2D eigenvalue weighted by atomic mass is 16.5. The molecule has 20 heavy (non-hydrogen) atoms. The molecule has 8 nitrogen and oxygen atoms in total. The highest BCUT2D eigenvalue weighted by molar-refractivity contribution is 5.87. The van der Waals surface area contributed by atoms with Crippen LogP contribution in [0.1, 0.15) is 32.1 Å². The number of urea groups is 1. The number of primary amides is 1. The maximum Gasteiger partial charge on any atom is 0.326 e. The van der Waals surface area contributed by atoms with E-state index >= 15 is 0 Å². The average Bonchev–Trinajstić information content (AvgIpc) is 2.38. The number of hydrogen-bond acceptors (Lipinski definition) is 4. The molecule has 0 aromatic carbocycles. The normalized spacial score (nSPS) is 19.9. The Morgan fingerprint density at radius 1 is 1.35 bits per heavy atom. The molecular formula is C12H21N3O5. The lowest BCUT2D eigenvalue weighted by molar-refractivity contribution is -0.140. The lowest BCUT2D eigenvalue weighted by Gasteiger charge is -2.22. The first-order chi connectivity index (χ1) is 9.49. The van der Waals surface area contributed by atoms with Crippen molar-refractivity contribution < 1.29 is 24.2 Å². The number of carboxylic acids is 1. The summed E-state index contributed by atoms with van der Waals surface area (Å²) in [6, 6.07) is -1.94. The van der Waals surface area contributed by atoms with Crippen LogP contribution in [-0.2, 0) is 14.3 Å². The van der Waals surface area contributed by atoms with Crippen LogP contribution >= 0.6 is 0 Å². The predicted octanol–water partition coefficient (Wildman–Crippen LogP) is -0.427. The van der Waals surface area contributed by atoms with E-state index in [9.17, 15) is 14.4 Å². The van der Waals surface area contributed by atoms with Crippen molar-refractivity contribution >= 4 is 17.9 Å². The molecule has 1 heterocycles. The van der Waals surface area contributed by atoms with E-state index in [4.69, 9.17) is 15.6 Å². The molecule has 1 unspecified atom stereocenters. The molecule has 8 heteroatoms. The predicted molar refractivity (Wildman–Crippen MR) is 70.0 cm³/mol. The number of nitrogens with one attached hydrogen (secondary N) is 2. The third kappa shape index (κ3) is 6.37. The second-order valence-corrected chi connectivity index (χ2v) is 4.74. The van der Waals surface area contributed by atoms with E-state index < -0.39 is 30.4 Å². The number of hydrogen-bond donors (Lipinski definition) is 4. The van der Waals surface area contributed by atoms with Crippen molar-refractivity contribution in [1.82, 2.24) is 10.6 Å². The van der Waals surface area contributed by atoms with Gasteiger partial charge in [-0.3, -0.25) is 4.79 Å². The van der Waals surface area contributed by atoms with Crippen LogP contribution in [0.4, 0.5) is 4.79 Å². The molecule has 5 N–H and O–H groups in total. The highest BCUT2D eigenvalue weighted by Crippen LogP contribution is 2.14. The van der Waals surface area contributed by atoms with Crippen LogP contribution in [-0.4, -0.2) is 48.3 Å². The third-order valence-electron chi connectivity index (χ3n) is 3.03. The standard InChI is InChI=1S/C12H21N3O5/c13-10(16)7-9(11(17)18)15-12(19)14-5-4-8-3-1-2-6-20-8/h8-9H,1-7H2,(H2,13,16)(H,17,18)(H2,14,15,19)/t8?,9-/m0/s1. The zero-order valence-electron chi connectivity index (χ0n) is 11.3. The maximum absolute atomic E-state index is 11.5. The summed E-state index contributed by atoms with van der Waals surface area (Å²) in [4.78, 5) is 33.0. The van der Waals surface area contributed by atoms with Gasteiger partial charge in [-0.2, -0.15) is 0 Å². The van der Waals surface area contributed by atoms with Gasteiger partial charge in [0, 0.05) is 13.2 Å². The number of carboxylic acid groups (broad SMARTS) is 1. The van der Waals surface area contributed by atoms with Crippen molar-refractivity contribution in [3.8, 4) is 0 Å². The Morgan fingerprint density at radius 3 is 2.65 bits per heavy atom. The number of amides is 3. The van der Waals surface area contributed by atoms with Gasteiger partial charge in [0.1, 0.15) is 6.04 Å². The van der Waals surface area contributed by atoms with Gasteiger partial charge in [-0.1, -0.05) is 0 Å². The zero-order chi connectivity index (χ0) is 15.0. The third-order valence-corrected chi connectivity index (χ3v) is 3.03. The summed E-state index contributed by atoms with van der Waals surface area (Å²) in [5.41, 5.74) is 4.91. The summed E-state index contributed by atoms with van der Waals surface area (Å²) < 4.78 is 5.50. The van der Waals surface area contributed by atoms with Gasteiger partial charge in [0.2, 0.25) is 5.91 Å². The lowest BCUT2D eigenvalue weighted by Crippen LogP contribution is -2.48. The Bertz CT molecular complexity index is 355. The van der Waals surface area contributed by atoms with Crippen molar-refractivity contribution in [2.45, 2.75) is 44.2 Å². The van der Waals surface area contributed by atoms with Gasteiger partial charge >= 0.3 is 12.0 Å². The van der Waals surface area contributed by atoms with Crippen molar-refractivity contribution in [3.05, 3.63) is 0 Å². The first kappa shape index (κ1) is 16.2. The summed E-state index contributed by atoms with van der Waals surface area (Å²) in [5.74, 6) is -2.08. The second-order valence-electron chi connectivity index (χ2n) is 4.74. The van der Waals surface area contributed by atoms with Crippen LogP contribution in [0, 0.1) is 0 Å². The van der Waals surface area contributed by atoms with Crippen LogP contribution in [0.15, 0.2) is 0 Å². The van der Waals surface area contributed by atoms with Crippen molar-refractivity contribution in [2.75, 3.05) is 13.2 Å². The molecule has 114 valence electrons.